The van der Waals surface area contributed by atoms with E-state index in [4.69, 9.17) is 25.7 Å². The fourth-order valence-corrected chi connectivity index (χ4v) is 4.65. The molecule has 0 saturated carbocycles. The summed E-state index contributed by atoms with van der Waals surface area (Å²) in [6, 6.07) is 20.1. The van der Waals surface area contributed by atoms with Crippen molar-refractivity contribution in [3.05, 3.63) is 111 Å². The molecule has 2 aromatic carbocycles. The van der Waals surface area contributed by atoms with E-state index in [1.807, 2.05) is 48.5 Å². The van der Waals surface area contributed by atoms with Gasteiger partial charge in [0.15, 0.2) is 11.4 Å². The predicted molar refractivity (Wildman–Crippen MR) is 129 cm³/mol. The van der Waals surface area contributed by atoms with Crippen molar-refractivity contribution in [1.29, 1.82) is 0 Å². The molecule has 35 heavy (non-hydrogen) atoms. The average Bonchev–Trinajstić information content (AvgIpc) is 3.33. The van der Waals surface area contributed by atoms with Crippen LogP contribution in [0.4, 0.5) is 0 Å². The largest absolute Gasteiger partial charge is 0.437 e. The fourth-order valence-electron chi connectivity index (χ4n) is 4.52. The molecule has 0 radical (unpaired) electrons. The summed E-state index contributed by atoms with van der Waals surface area (Å²) in [6.07, 6.45) is 3.23. The molecule has 6 aromatic rings. The number of para-hydroxylation sites is 1. The average molecular weight is 480 g/mol. The van der Waals surface area contributed by atoms with Crippen molar-refractivity contribution in [3.8, 4) is 23.1 Å². The van der Waals surface area contributed by atoms with E-state index < -0.39 is 11.5 Å². The molecule has 8 nitrogen and oxygen atoms in total. The highest BCUT2D eigenvalue weighted by Gasteiger charge is 2.37. The van der Waals surface area contributed by atoms with Crippen molar-refractivity contribution in [1.82, 2.24) is 24.6 Å². The summed E-state index contributed by atoms with van der Waals surface area (Å²) in [4.78, 5) is 27.0. The number of halogens is 1. The van der Waals surface area contributed by atoms with Crippen LogP contribution in [0.25, 0.3) is 28.1 Å². The fraction of sp³-hybridized carbons (Fsp3) is 0.0385. The maximum absolute atomic E-state index is 13.4. The Kier molecular flexibility index (Phi) is 4.24. The van der Waals surface area contributed by atoms with Crippen LogP contribution in [-0.2, 0) is 0 Å². The van der Waals surface area contributed by atoms with Gasteiger partial charge >= 0.3 is 5.63 Å². The molecule has 1 atom stereocenters. The second kappa shape index (κ2) is 7.48. The van der Waals surface area contributed by atoms with Gasteiger partial charge in [0, 0.05) is 11.2 Å². The Morgan fingerprint density at radius 1 is 0.914 bits per heavy atom. The Morgan fingerprint density at radius 2 is 1.74 bits per heavy atom. The van der Waals surface area contributed by atoms with E-state index in [0.717, 1.165) is 5.56 Å². The highest BCUT2D eigenvalue weighted by atomic mass is 35.5. The van der Waals surface area contributed by atoms with E-state index in [9.17, 15) is 4.79 Å². The van der Waals surface area contributed by atoms with Crippen molar-refractivity contribution in [2.24, 2.45) is 0 Å². The molecule has 0 aliphatic carbocycles. The minimum Gasteiger partial charge on any atom is -0.437 e. The van der Waals surface area contributed by atoms with Crippen molar-refractivity contribution in [2.75, 3.05) is 0 Å². The van der Waals surface area contributed by atoms with Crippen LogP contribution in [0.2, 0.25) is 5.02 Å². The topological polar surface area (TPSA) is 95.4 Å². The number of ether oxygens (including phenoxy) is 1. The molecular weight excluding hydrogens is 466 g/mol. The number of benzene rings is 2. The van der Waals surface area contributed by atoms with Crippen molar-refractivity contribution < 1.29 is 9.15 Å². The normalized spacial score (nSPS) is 14.5. The Balaban J connectivity index is 1.56. The SMILES string of the molecule is O=c1oc2ccccc2c2c1C(c1ccc(Cl)cc1)c1c(ncn3nc(-c4ccccn4)nc13)O2. The minimum atomic E-state index is -0.566. The molecule has 7 rings (SSSR count). The van der Waals surface area contributed by atoms with Crippen LogP contribution in [-0.4, -0.2) is 24.6 Å². The number of hydrogen-bond acceptors (Lipinski definition) is 7. The maximum Gasteiger partial charge on any atom is 0.344 e. The van der Waals surface area contributed by atoms with E-state index in [1.54, 1.807) is 35.2 Å². The Hall–Kier alpha value is -4.56. The molecule has 1 aliphatic rings. The summed E-state index contributed by atoms with van der Waals surface area (Å²) in [7, 11) is 0. The lowest BCUT2D eigenvalue weighted by Crippen LogP contribution is -2.22. The lowest BCUT2D eigenvalue weighted by molar-refractivity contribution is 0.422. The third-order valence-electron chi connectivity index (χ3n) is 6.06. The molecule has 1 aliphatic heterocycles. The third-order valence-corrected chi connectivity index (χ3v) is 6.31. The van der Waals surface area contributed by atoms with Gasteiger partial charge in [0.05, 0.1) is 22.4 Å². The Labute approximate surface area is 202 Å². The zero-order valence-corrected chi connectivity index (χ0v) is 18.7. The quantitative estimate of drug-likeness (QED) is 0.313. The summed E-state index contributed by atoms with van der Waals surface area (Å²) in [6.45, 7) is 0. The first kappa shape index (κ1) is 19.9. The summed E-state index contributed by atoms with van der Waals surface area (Å²) < 4.78 is 13.6. The molecule has 0 bridgehead atoms. The smallest absolute Gasteiger partial charge is 0.344 e. The molecule has 4 aromatic heterocycles. The molecule has 0 spiro atoms. The Morgan fingerprint density at radius 3 is 2.57 bits per heavy atom. The monoisotopic (exact) mass is 479 g/mol. The number of hydrogen-bond donors (Lipinski definition) is 0. The number of nitrogens with zero attached hydrogens (tertiary/aromatic N) is 5. The van der Waals surface area contributed by atoms with Crippen LogP contribution in [0.15, 0.2) is 88.5 Å². The molecular formula is C26H14ClN5O3. The second-order valence-corrected chi connectivity index (χ2v) is 8.53. The first-order valence-electron chi connectivity index (χ1n) is 10.8. The van der Waals surface area contributed by atoms with E-state index >= 15 is 0 Å². The molecule has 0 fully saturated rings. The van der Waals surface area contributed by atoms with Crippen LogP contribution in [0.1, 0.15) is 22.6 Å². The molecule has 0 N–H and O–H groups in total. The zero-order valence-electron chi connectivity index (χ0n) is 17.9. The third kappa shape index (κ3) is 3.04. The van der Waals surface area contributed by atoms with Gasteiger partial charge in [-0.1, -0.05) is 41.9 Å². The van der Waals surface area contributed by atoms with Gasteiger partial charge in [-0.3, -0.25) is 4.98 Å². The molecule has 0 amide bonds. The van der Waals surface area contributed by atoms with Crippen molar-refractivity contribution >= 4 is 28.2 Å². The zero-order chi connectivity index (χ0) is 23.5. The standard InChI is InChI=1S/C26H14ClN5O3/c27-15-10-8-14(9-11-15)19-20-22(16-5-1-2-7-18(16)34-26(20)33)35-25-21(19)24-30-23(31-32(24)13-29-25)17-6-3-4-12-28-17/h1-13,19H. The summed E-state index contributed by atoms with van der Waals surface area (Å²) in [5.74, 6) is 0.641. The van der Waals surface area contributed by atoms with Crippen LogP contribution >= 0.6 is 11.6 Å². The van der Waals surface area contributed by atoms with E-state index in [1.165, 1.54) is 0 Å². The van der Waals surface area contributed by atoms with Crippen LogP contribution in [0.3, 0.4) is 0 Å². The number of aromatic nitrogens is 5. The van der Waals surface area contributed by atoms with Crippen LogP contribution < -0.4 is 10.4 Å². The molecule has 0 saturated heterocycles. The van der Waals surface area contributed by atoms with Crippen LogP contribution in [0, 0.1) is 0 Å². The predicted octanol–water partition coefficient (Wildman–Crippen LogP) is 5.23. The number of fused-ring (bicyclic) bond motifs is 6. The first-order valence-corrected chi connectivity index (χ1v) is 11.2. The van der Waals surface area contributed by atoms with Gasteiger partial charge in [0.25, 0.3) is 0 Å². The van der Waals surface area contributed by atoms with Crippen LogP contribution in [0.5, 0.6) is 11.6 Å². The molecule has 168 valence electrons. The lowest BCUT2D eigenvalue weighted by Gasteiger charge is -2.27. The van der Waals surface area contributed by atoms with Gasteiger partial charge in [-0.2, -0.15) is 0 Å². The van der Waals surface area contributed by atoms with Gasteiger partial charge in [0.1, 0.15) is 17.6 Å². The highest BCUT2D eigenvalue weighted by Crippen LogP contribution is 2.48. The van der Waals surface area contributed by atoms with Gasteiger partial charge in [0.2, 0.25) is 11.7 Å². The highest BCUT2D eigenvalue weighted by molar-refractivity contribution is 6.30. The van der Waals surface area contributed by atoms with Gasteiger partial charge in [-0.05, 0) is 42.0 Å². The summed E-state index contributed by atoms with van der Waals surface area (Å²) in [5.41, 5.74) is 2.88. The van der Waals surface area contributed by atoms with Crippen molar-refractivity contribution in [2.45, 2.75) is 5.92 Å². The van der Waals surface area contributed by atoms with Gasteiger partial charge in [-0.15, -0.1) is 5.10 Å². The molecule has 1 unspecified atom stereocenters. The van der Waals surface area contributed by atoms with E-state index in [0.29, 0.717) is 55.9 Å². The van der Waals surface area contributed by atoms with E-state index in [2.05, 4.69) is 15.1 Å². The summed E-state index contributed by atoms with van der Waals surface area (Å²) >= 11 is 6.18. The van der Waals surface area contributed by atoms with Gasteiger partial charge < -0.3 is 9.15 Å². The number of rotatable bonds is 2. The summed E-state index contributed by atoms with van der Waals surface area (Å²) in [5, 5.41) is 5.83. The minimum absolute atomic E-state index is 0.348. The molecule has 9 heteroatoms. The molecule has 5 heterocycles. The number of pyridine rings is 1. The first-order chi connectivity index (χ1) is 17.2. The lowest BCUT2D eigenvalue weighted by atomic mass is 9.84. The van der Waals surface area contributed by atoms with E-state index in [-0.39, 0.29) is 0 Å². The van der Waals surface area contributed by atoms with Crippen molar-refractivity contribution in [3.63, 3.8) is 0 Å². The maximum atomic E-state index is 13.4. The second-order valence-electron chi connectivity index (χ2n) is 8.10. The van der Waals surface area contributed by atoms with Gasteiger partial charge in [-0.25, -0.2) is 19.3 Å². The Bertz CT molecular complexity index is 1810.